The summed E-state index contributed by atoms with van der Waals surface area (Å²) in [7, 11) is 0. The number of furan rings is 1. The van der Waals surface area contributed by atoms with Crippen molar-refractivity contribution >= 4 is 0 Å². The fraction of sp³-hybridized carbons (Fsp3) is 0.429. The molecule has 0 unspecified atom stereocenters. The van der Waals surface area contributed by atoms with Gasteiger partial charge in [0.25, 0.3) is 0 Å². The number of H-pyrrole nitrogens is 1. The predicted molar refractivity (Wildman–Crippen MR) is 103 cm³/mol. The molecule has 0 radical (unpaired) electrons. The number of pyridine rings is 1. The number of fused-ring (bicyclic) bond motifs is 4. The van der Waals surface area contributed by atoms with E-state index in [1.165, 1.54) is 24.9 Å². The molecule has 0 aromatic carbocycles. The monoisotopic (exact) mass is 363 g/mol. The first-order chi connectivity index (χ1) is 13.3. The van der Waals surface area contributed by atoms with Crippen LogP contribution in [0.1, 0.15) is 24.2 Å². The van der Waals surface area contributed by atoms with E-state index in [1.807, 2.05) is 30.6 Å². The molecule has 0 amide bonds. The number of hydrogen-bond acceptors (Lipinski definition) is 5. The Morgan fingerprint density at radius 2 is 2.04 bits per heavy atom. The lowest BCUT2D eigenvalue weighted by Gasteiger charge is -2.35. The maximum Gasteiger partial charge on any atom is 0.152 e. The summed E-state index contributed by atoms with van der Waals surface area (Å²) in [6.45, 7) is 5.35. The zero-order chi connectivity index (χ0) is 18.1. The largest absolute Gasteiger partial charge is 0.458 e. The molecule has 0 saturated carbocycles. The molecule has 0 spiro atoms. The summed E-state index contributed by atoms with van der Waals surface area (Å²) in [6.07, 6.45) is 8.20. The average Bonchev–Trinajstić information content (AvgIpc) is 3.30. The number of aromatic amines is 1. The highest BCUT2D eigenvalue weighted by molar-refractivity contribution is 5.51. The highest BCUT2D eigenvalue weighted by atomic mass is 16.3. The summed E-state index contributed by atoms with van der Waals surface area (Å²) in [5, 5.41) is 6.97. The summed E-state index contributed by atoms with van der Waals surface area (Å²) in [4.78, 5) is 9.49. The van der Waals surface area contributed by atoms with E-state index < -0.39 is 0 Å². The second-order valence-corrected chi connectivity index (χ2v) is 7.82. The van der Waals surface area contributed by atoms with E-state index >= 15 is 0 Å². The zero-order valence-electron chi connectivity index (χ0n) is 15.4. The lowest BCUT2D eigenvalue weighted by atomic mass is 9.95. The van der Waals surface area contributed by atoms with Gasteiger partial charge in [-0.1, -0.05) is 6.07 Å². The number of rotatable bonds is 5. The quantitative estimate of drug-likeness (QED) is 0.754. The lowest BCUT2D eigenvalue weighted by molar-refractivity contribution is 0.114. The molecule has 6 rings (SSSR count). The molecular formula is C21H25N5O. The third-order valence-corrected chi connectivity index (χ3v) is 5.82. The molecule has 3 aliphatic heterocycles. The first kappa shape index (κ1) is 16.7. The lowest BCUT2D eigenvalue weighted by Crippen LogP contribution is -2.43. The van der Waals surface area contributed by atoms with E-state index in [9.17, 15) is 0 Å². The van der Waals surface area contributed by atoms with Gasteiger partial charge in [-0.25, -0.2) is 0 Å². The molecular weight excluding hydrogens is 338 g/mol. The van der Waals surface area contributed by atoms with Crippen LogP contribution in [0.3, 0.4) is 0 Å². The fourth-order valence-corrected chi connectivity index (χ4v) is 4.55. The number of aromatic nitrogens is 3. The highest BCUT2D eigenvalue weighted by Crippen LogP contribution is 2.30. The van der Waals surface area contributed by atoms with E-state index in [-0.39, 0.29) is 0 Å². The second-order valence-electron chi connectivity index (χ2n) is 7.82. The van der Waals surface area contributed by atoms with Crippen molar-refractivity contribution in [3.8, 4) is 11.5 Å². The molecule has 1 N–H and O–H groups in total. The van der Waals surface area contributed by atoms with Crippen molar-refractivity contribution in [3.63, 3.8) is 0 Å². The van der Waals surface area contributed by atoms with Crippen LogP contribution in [-0.2, 0) is 13.1 Å². The Balaban J connectivity index is 1.26. The van der Waals surface area contributed by atoms with Crippen LogP contribution in [0.15, 0.2) is 53.3 Å². The Morgan fingerprint density at radius 3 is 2.89 bits per heavy atom. The van der Waals surface area contributed by atoms with Crippen LogP contribution >= 0.6 is 0 Å². The Labute approximate surface area is 159 Å². The Bertz CT molecular complexity index is 860. The molecule has 3 aliphatic rings. The molecule has 2 atom stereocenters. The number of piperidine rings is 1. The van der Waals surface area contributed by atoms with Crippen LogP contribution in [0, 0.1) is 5.92 Å². The molecule has 3 aromatic rings. The SMILES string of the molecule is c1cncc(CN2C[C@H]3CC[C@@H](C2)N(Cc2ccc(-c4ccn[nH]4)o2)C3)c1. The van der Waals surface area contributed by atoms with Gasteiger partial charge in [0.1, 0.15) is 11.5 Å². The van der Waals surface area contributed by atoms with Gasteiger partial charge in [-0.2, -0.15) is 5.10 Å². The number of hydrogen-bond donors (Lipinski definition) is 1. The van der Waals surface area contributed by atoms with Gasteiger partial charge in [-0.05, 0) is 48.6 Å². The summed E-state index contributed by atoms with van der Waals surface area (Å²) in [6, 6.07) is 10.9. The number of nitrogens with one attached hydrogen (secondary N) is 1. The fourth-order valence-electron chi connectivity index (χ4n) is 4.55. The maximum absolute atomic E-state index is 6.07. The van der Waals surface area contributed by atoms with Gasteiger partial charge in [0, 0.05) is 50.8 Å². The molecule has 27 heavy (non-hydrogen) atoms. The van der Waals surface area contributed by atoms with Crippen molar-refractivity contribution in [1.29, 1.82) is 0 Å². The summed E-state index contributed by atoms with van der Waals surface area (Å²) >= 11 is 0. The molecule has 3 saturated heterocycles. The second kappa shape index (κ2) is 7.29. The van der Waals surface area contributed by atoms with Crippen molar-refractivity contribution < 1.29 is 4.42 Å². The van der Waals surface area contributed by atoms with Gasteiger partial charge in [-0.15, -0.1) is 0 Å². The molecule has 2 bridgehead atoms. The van der Waals surface area contributed by atoms with Gasteiger partial charge in [-0.3, -0.25) is 19.9 Å². The minimum Gasteiger partial charge on any atom is -0.458 e. The minimum absolute atomic E-state index is 0.598. The standard InChI is InChI=1S/C21H25N5O/c1-2-16(10-22-8-1)11-25-12-17-3-4-18(14-25)26(13-17)15-19-5-6-21(27-19)20-7-9-23-24-20/h1-2,5-10,17-18H,3-4,11-15H2,(H,23,24)/t17-,18+/m1/s1. The zero-order valence-corrected chi connectivity index (χ0v) is 15.4. The van der Waals surface area contributed by atoms with E-state index in [1.54, 1.807) is 6.20 Å². The average molecular weight is 363 g/mol. The summed E-state index contributed by atoms with van der Waals surface area (Å²) < 4.78 is 6.07. The van der Waals surface area contributed by atoms with Gasteiger partial charge in [0.05, 0.1) is 6.54 Å². The van der Waals surface area contributed by atoms with Crippen LogP contribution < -0.4 is 0 Å². The molecule has 140 valence electrons. The molecule has 6 nitrogen and oxygen atoms in total. The normalized spacial score (nSPS) is 23.6. The van der Waals surface area contributed by atoms with Gasteiger partial charge in [0.2, 0.25) is 0 Å². The van der Waals surface area contributed by atoms with E-state index in [4.69, 9.17) is 4.42 Å². The highest BCUT2D eigenvalue weighted by Gasteiger charge is 2.35. The summed E-state index contributed by atoms with van der Waals surface area (Å²) in [5.41, 5.74) is 2.24. The van der Waals surface area contributed by atoms with E-state index in [2.05, 4.69) is 37.1 Å². The van der Waals surface area contributed by atoms with Gasteiger partial charge < -0.3 is 4.42 Å². The van der Waals surface area contributed by atoms with Crippen LogP contribution in [0.2, 0.25) is 0 Å². The number of nitrogens with zero attached hydrogens (tertiary/aromatic N) is 4. The molecule has 6 heteroatoms. The van der Waals surface area contributed by atoms with E-state index in [0.29, 0.717) is 6.04 Å². The van der Waals surface area contributed by atoms with Gasteiger partial charge >= 0.3 is 0 Å². The van der Waals surface area contributed by atoms with E-state index in [0.717, 1.165) is 49.3 Å². The predicted octanol–water partition coefficient (Wildman–Crippen LogP) is 3.16. The smallest absolute Gasteiger partial charge is 0.152 e. The van der Waals surface area contributed by atoms with Gasteiger partial charge in [0.15, 0.2) is 5.76 Å². The maximum atomic E-state index is 6.07. The molecule has 3 aromatic heterocycles. The van der Waals surface area contributed by atoms with Crippen LogP contribution in [0.4, 0.5) is 0 Å². The van der Waals surface area contributed by atoms with Crippen molar-refractivity contribution in [2.45, 2.75) is 32.0 Å². The van der Waals surface area contributed by atoms with Crippen LogP contribution in [0.5, 0.6) is 0 Å². The first-order valence-electron chi connectivity index (χ1n) is 9.77. The third kappa shape index (κ3) is 3.68. The molecule has 6 heterocycles. The topological polar surface area (TPSA) is 61.2 Å². The Kier molecular flexibility index (Phi) is 4.51. The minimum atomic E-state index is 0.598. The molecule has 0 aliphatic carbocycles. The van der Waals surface area contributed by atoms with Crippen molar-refractivity contribution in [3.05, 3.63) is 60.2 Å². The van der Waals surface area contributed by atoms with Crippen molar-refractivity contribution in [1.82, 2.24) is 25.0 Å². The van der Waals surface area contributed by atoms with Crippen LogP contribution in [0.25, 0.3) is 11.5 Å². The first-order valence-corrected chi connectivity index (χ1v) is 9.77. The van der Waals surface area contributed by atoms with Crippen LogP contribution in [-0.4, -0.2) is 50.7 Å². The Hall–Kier alpha value is -2.44. The Morgan fingerprint density at radius 1 is 1.04 bits per heavy atom. The third-order valence-electron chi connectivity index (χ3n) is 5.82. The molecule has 3 fully saturated rings. The van der Waals surface area contributed by atoms with Crippen molar-refractivity contribution in [2.75, 3.05) is 19.6 Å². The van der Waals surface area contributed by atoms with Crippen molar-refractivity contribution in [2.24, 2.45) is 5.92 Å². The summed E-state index contributed by atoms with van der Waals surface area (Å²) in [5.74, 6) is 2.63.